The average molecular weight is 1050 g/mol. The summed E-state index contributed by atoms with van der Waals surface area (Å²) in [5.74, 6) is -9.61. The quantitative estimate of drug-likeness (QED) is 0.0197. The number of rotatable bonds is 30. The van der Waals surface area contributed by atoms with Crippen LogP contribution in [0.2, 0.25) is 0 Å². The number of aromatic amines is 1. The number of hydrogen-bond acceptors (Lipinski definition) is 18. The number of aliphatic hydroxyl groups excluding tert-OH is 4. The molecule has 0 aliphatic carbocycles. The van der Waals surface area contributed by atoms with Crippen molar-refractivity contribution in [2.75, 3.05) is 19.8 Å². The molecule has 0 radical (unpaired) electrons. The van der Waals surface area contributed by atoms with Crippen LogP contribution in [0.5, 0.6) is 5.75 Å². The molecule has 0 spiro atoms. The molecule has 0 unspecified atom stereocenters. The number of aromatic hydroxyl groups is 1. The van der Waals surface area contributed by atoms with Crippen molar-refractivity contribution in [3.05, 3.63) is 48.0 Å². The van der Waals surface area contributed by atoms with Gasteiger partial charge in [0, 0.05) is 31.3 Å². The lowest BCUT2D eigenvalue weighted by molar-refractivity contribution is -0.301. The molecule has 1 fully saturated rings. The lowest BCUT2D eigenvalue weighted by atomic mass is 9.96. The number of nitrogens with one attached hydrogen (secondary N) is 7. The molecule has 1 aromatic carbocycles. The Labute approximate surface area is 425 Å². The summed E-state index contributed by atoms with van der Waals surface area (Å²) in [5.41, 5.74) is 22.9. The van der Waals surface area contributed by atoms with Crippen molar-refractivity contribution in [3.8, 4) is 5.75 Å². The highest BCUT2D eigenvalue weighted by atomic mass is 16.7. The lowest BCUT2D eigenvalue weighted by Crippen LogP contribution is -2.62. The smallest absolute Gasteiger partial charge is 0.305 e. The van der Waals surface area contributed by atoms with E-state index in [-0.39, 0.29) is 50.4 Å². The number of carboxylic acid groups (broad SMARTS) is 1. The van der Waals surface area contributed by atoms with Crippen molar-refractivity contribution in [2.24, 2.45) is 39.8 Å². The molecule has 0 bridgehead atoms. The van der Waals surface area contributed by atoms with Crippen molar-refractivity contribution in [3.63, 3.8) is 0 Å². The van der Waals surface area contributed by atoms with E-state index in [9.17, 15) is 63.9 Å². The molecular weight excluding hydrogens is 979 g/mol. The Morgan fingerprint density at radius 2 is 1.34 bits per heavy atom. The molecule has 1 aromatic heterocycles. The summed E-state index contributed by atoms with van der Waals surface area (Å²) in [6, 6.07) is -4.62. The Bertz CT molecular complexity index is 2210. The molecule has 29 nitrogen and oxygen atoms in total. The number of aromatic nitrogens is 2. The fourth-order valence-corrected chi connectivity index (χ4v) is 7.37. The van der Waals surface area contributed by atoms with E-state index in [1.54, 1.807) is 27.7 Å². The average Bonchev–Trinajstić information content (AvgIpc) is 3.86. The molecule has 2 heterocycles. The minimum Gasteiger partial charge on any atom is -0.508 e. The number of H-pyrrole nitrogens is 1. The van der Waals surface area contributed by atoms with E-state index in [4.69, 9.17) is 37.5 Å². The van der Waals surface area contributed by atoms with Gasteiger partial charge in [0.2, 0.25) is 41.4 Å². The number of carbonyl (C=O) groups excluding carboxylic acids is 7. The molecule has 1 aliphatic rings. The van der Waals surface area contributed by atoms with Gasteiger partial charge in [-0.3, -0.25) is 43.3 Å². The van der Waals surface area contributed by atoms with Gasteiger partial charge in [-0.25, -0.2) is 4.98 Å². The van der Waals surface area contributed by atoms with Gasteiger partial charge in [-0.15, -0.1) is 0 Å². The molecule has 1 aliphatic heterocycles. The summed E-state index contributed by atoms with van der Waals surface area (Å²) in [7, 11) is 0. The second-order valence-electron chi connectivity index (χ2n) is 18.1. The lowest BCUT2D eigenvalue weighted by Gasteiger charge is -2.39. The van der Waals surface area contributed by atoms with Crippen molar-refractivity contribution in [1.29, 1.82) is 0 Å². The number of amides is 7. The van der Waals surface area contributed by atoms with Crippen molar-refractivity contribution in [1.82, 2.24) is 41.9 Å². The number of primary amides is 1. The summed E-state index contributed by atoms with van der Waals surface area (Å²) in [6.07, 6.45) is -6.61. The molecule has 3 rings (SSSR count). The van der Waals surface area contributed by atoms with Crippen LogP contribution < -0.4 is 54.8 Å². The zero-order valence-corrected chi connectivity index (χ0v) is 41.4. The number of carbonyl (C=O) groups is 8. The minimum atomic E-state index is -1.85. The van der Waals surface area contributed by atoms with Crippen LogP contribution in [-0.2, 0) is 60.7 Å². The van der Waals surface area contributed by atoms with Gasteiger partial charge in [0.15, 0.2) is 12.2 Å². The second-order valence-corrected chi connectivity index (χ2v) is 18.1. The Morgan fingerprint density at radius 3 is 1.89 bits per heavy atom. The first kappa shape index (κ1) is 61.3. The Hall–Kier alpha value is -7.02. The molecule has 21 N–H and O–H groups in total. The van der Waals surface area contributed by atoms with Gasteiger partial charge in [0.05, 0.1) is 32.0 Å². The zero-order chi connectivity index (χ0) is 55.4. The SMILES string of the molecule is CC[C@H](C)[C@H](NC(=O)[C@H](Cc1ccc(O)cc1)NC(=O)[C@@H](NC(=O)[C@H](CCCN=C(N)N)NC(=O)[C@@H](N)CC(=O)O)C(C)C)C(=O)N[C@@H](Cc1cnc[nH]1)C(=O)N[C@@H](CO[C@H]1O[C@@H](CO)[C@H](O)[C@@H](O)[C@@H]1O)C(N)=O. The highest BCUT2D eigenvalue weighted by molar-refractivity contribution is 5.97. The Kier molecular flexibility index (Phi) is 24.5. The van der Waals surface area contributed by atoms with Crippen LogP contribution in [0.25, 0.3) is 0 Å². The number of carboxylic acids is 1. The fourth-order valence-electron chi connectivity index (χ4n) is 7.37. The molecular formula is C45H71N13O16. The van der Waals surface area contributed by atoms with Crippen LogP contribution in [0.4, 0.5) is 0 Å². The maximum absolute atomic E-state index is 14.5. The number of guanidine groups is 1. The number of hydrogen-bond donors (Lipinski definition) is 17. The Balaban J connectivity index is 1.90. The fraction of sp³-hybridized carbons (Fsp3) is 0.600. The first-order valence-corrected chi connectivity index (χ1v) is 23.7. The number of aliphatic imine (C=N–C) groups is 1. The topological polar surface area (TPSA) is 494 Å². The Morgan fingerprint density at radius 1 is 0.770 bits per heavy atom. The summed E-state index contributed by atoms with van der Waals surface area (Å²) in [6.45, 7) is 5.05. The third kappa shape index (κ3) is 19.1. The van der Waals surface area contributed by atoms with Crippen LogP contribution >= 0.6 is 0 Å². The number of phenolic OH excluding ortho intramolecular Hbond substituents is 1. The van der Waals surface area contributed by atoms with E-state index in [1.807, 2.05) is 0 Å². The van der Waals surface area contributed by atoms with Crippen molar-refractivity contribution < 1.29 is 78.5 Å². The number of aliphatic carboxylic acids is 1. The van der Waals surface area contributed by atoms with Crippen LogP contribution in [0, 0.1) is 11.8 Å². The van der Waals surface area contributed by atoms with E-state index in [2.05, 4.69) is 46.9 Å². The third-order valence-corrected chi connectivity index (χ3v) is 11.9. The molecule has 13 atom stereocenters. The molecule has 2 aromatic rings. The molecule has 412 valence electrons. The molecule has 0 saturated carbocycles. The monoisotopic (exact) mass is 1050 g/mol. The van der Waals surface area contributed by atoms with Gasteiger partial charge in [-0.1, -0.05) is 46.2 Å². The number of imidazole rings is 1. The van der Waals surface area contributed by atoms with Crippen LogP contribution in [0.15, 0.2) is 41.8 Å². The van der Waals surface area contributed by atoms with E-state index in [0.717, 1.165) is 0 Å². The molecule has 74 heavy (non-hydrogen) atoms. The normalized spacial score (nSPS) is 20.7. The van der Waals surface area contributed by atoms with Gasteiger partial charge in [0.1, 0.15) is 66.4 Å². The van der Waals surface area contributed by atoms with Crippen molar-refractivity contribution in [2.45, 2.75) is 139 Å². The minimum absolute atomic E-state index is 0.0431. The standard InChI is InChI=1S/C45H71N13O16/c1-5-21(4)33(43(72)55-28(14-23-16-50-19-52-23)40(69)56-29(37(47)66)18-73-44-36(65)35(64)34(63)30(17-59)74-44)58-41(70)27(13-22-8-10-24(60)11-9-22)54-42(71)32(20(2)3)57-39(68)26(7-6-12-51-45(48)49)53-38(67)25(46)15-31(61)62/h8-11,16,19-21,25-30,32-36,44,59-60,63-65H,5-7,12-15,17-18,46H2,1-4H3,(H2,47,66)(H,50,52)(H,53,67)(H,54,71)(H,55,72)(H,56,69)(H,57,68)(H,58,70)(H,61,62)(H4,48,49,51)/t21-,25-,26-,27-,28-,29-,30-,32-,33-,34-,35+,36-,44-/m0/s1. The molecule has 1 saturated heterocycles. The number of ether oxygens (including phenoxy) is 2. The van der Waals surface area contributed by atoms with Crippen molar-refractivity contribution >= 4 is 53.3 Å². The van der Waals surface area contributed by atoms with Gasteiger partial charge >= 0.3 is 5.97 Å². The zero-order valence-electron chi connectivity index (χ0n) is 41.4. The summed E-state index contributed by atoms with van der Waals surface area (Å²) < 4.78 is 10.8. The maximum atomic E-state index is 14.5. The molecule has 29 heteroatoms. The highest BCUT2D eigenvalue weighted by Crippen LogP contribution is 2.22. The summed E-state index contributed by atoms with van der Waals surface area (Å²) >= 11 is 0. The number of nitrogens with zero attached hydrogens (tertiary/aromatic N) is 2. The van der Waals surface area contributed by atoms with Crippen LogP contribution in [0.3, 0.4) is 0 Å². The molecule has 7 amide bonds. The van der Waals surface area contributed by atoms with E-state index in [1.165, 1.54) is 36.8 Å². The number of phenols is 1. The first-order valence-electron chi connectivity index (χ1n) is 23.7. The third-order valence-electron chi connectivity index (χ3n) is 11.9. The van der Waals surface area contributed by atoms with Crippen LogP contribution in [-0.4, -0.2) is 187 Å². The number of nitrogens with two attached hydrogens (primary N) is 4. The predicted molar refractivity (Wildman–Crippen MR) is 259 cm³/mol. The van der Waals surface area contributed by atoms with Gasteiger partial charge in [-0.2, -0.15) is 0 Å². The number of aliphatic hydroxyl groups is 4. The van der Waals surface area contributed by atoms with E-state index in [0.29, 0.717) is 11.3 Å². The van der Waals surface area contributed by atoms with Gasteiger partial charge in [0.25, 0.3) is 0 Å². The summed E-state index contributed by atoms with van der Waals surface area (Å²) in [4.78, 5) is 118. The summed E-state index contributed by atoms with van der Waals surface area (Å²) in [5, 5.41) is 74.7. The van der Waals surface area contributed by atoms with E-state index >= 15 is 0 Å². The largest absolute Gasteiger partial charge is 0.508 e. The highest BCUT2D eigenvalue weighted by Gasteiger charge is 2.45. The van der Waals surface area contributed by atoms with Crippen LogP contribution in [0.1, 0.15) is 64.6 Å². The number of benzene rings is 1. The first-order chi connectivity index (χ1) is 34.9. The second kappa shape index (κ2) is 29.6. The predicted octanol–water partition coefficient (Wildman–Crippen LogP) is -6.33. The maximum Gasteiger partial charge on any atom is 0.305 e. The van der Waals surface area contributed by atoms with Gasteiger partial charge in [-0.05, 0) is 42.4 Å². The van der Waals surface area contributed by atoms with E-state index < -0.39 is 152 Å². The van der Waals surface area contributed by atoms with Gasteiger partial charge < -0.3 is 99.9 Å².